The van der Waals surface area contributed by atoms with Crippen molar-refractivity contribution >= 4 is 23.4 Å². The number of carbonyl (C=O) groups is 1. The molecule has 0 saturated heterocycles. The molecule has 7 nitrogen and oxygen atoms in total. The van der Waals surface area contributed by atoms with Crippen molar-refractivity contribution in [2.45, 2.75) is 40.7 Å². The molecule has 200 valence electrons. The van der Waals surface area contributed by atoms with E-state index in [1.165, 1.54) is 16.9 Å². The van der Waals surface area contributed by atoms with Gasteiger partial charge in [-0.05, 0) is 70.5 Å². The van der Waals surface area contributed by atoms with Crippen molar-refractivity contribution in [3.05, 3.63) is 114 Å². The highest BCUT2D eigenvalue weighted by molar-refractivity contribution is 7.07. The fourth-order valence-corrected chi connectivity index (χ4v) is 6.18. The molecule has 2 aromatic heterocycles. The van der Waals surface area contributed by atoms with Gasteiger partial charge < -0.3 is 14.0 Å². The van der Waals surface area contributed by atoms with Gasteiger partial charge in [-0.25, -0.2) is 9.79 Å². The quantitative estimate of drug-likeness (QED) is 0.337. The number of ether oxygens (including phenoxy) is 2. The molecule has 3 heterocycles. The summed E-state index contributed by atoms with van der Waals surface area (Å²) in [6, 6.07) is 17.2. The van der Waals surface area contributed by atoms with Crippen LogP contribution in [0, 0.1) is 20.8 Å². The number of esters is 1. The van der Waals surface area contributed by atoms with Gasteiger partial charge in [-0.15, -0.1) is 0 Å². The Hall–Kier alpha value is -4.17. The van der Waals surface area contributed by atoms with E-state index in [-0.39, 0.29) is 12.2 Å². The van der Waals surface area contributed by atoms with Crippen LogP contribution >= 0.6 is 11.3 Å². The second kappa shape index (κ2) is 10.5. The Morgan fingerprint density at radius 3 is 2.49 bits per heavy atom. The monoisotopic (exact) mass is 541 g/mol. The largest absolute Gasteiger partial charge is 0.496 e. The lowest BCUT2D eigenvalue weighted by Gasteiger charge is -2.25. The minimum Gasteiger partial charge on any atom is -0.496 e. The smallest absolute Gasteiger partial charge is 0.338 e. The summed E-state index contributed by atoms with van der Waals surface area (Å²) in [5, 5.41) is 0. The van der Waals surface area contributed by atoms with Crippen LogP contribution in [0.15, 0.2) is 75.7 Å². The molecule has 8 heteroatoms. The summed E-state index contributed by atoms with van der Waals surface area (Å²) in [5.41, 5.74) is 6.66. The number of allylic oxidation sites excluding steroid dienone is 1. The fourth-order valence-electron chi connectivity index (χ4n) is 5.14. The lowest BCUT2D eigenvalue weighted by atomic mass is 9.95. The molecule has 0 radical (unpaired) electrons. The van der Waals surface area contributed by atoms with Gasteiger partial charge in [-0.1, -0.05) is 47.2 Å². The molecule has 2 aromatic carbocycles. The number of hydrogen-bond donors (Lipinski definition) is 0. The van der Waals surface area contributed by atoms with E-state index in [0.29, 0.717) is 31.9 Å². The van der Waals surface area contributed by atoms with E-state index < -0.39 is 12.0 Å². The zero-order valence-electron chi connectivity index (χ0n) is 22.9. The van der Waals surface area contributed by atoms with Crippen molar-refractivity contribution in [2.75, 3.05) is 13.7 Å². The molecular weight excluding hydrogens is 510 g/mol. The molecule has 5 rings (SSSR count). The number of benzene rings is 2. The van der Waals surface area contributed by atoms with Gasteiger partial charge in [0.2, 0.25) is 0 Å². The van der Waals surface area contributed by atoms with Crippen LogP contribution in [0.3, 0.4) is 0 Å². The van der Waals surface area contributed by atoms with E-state index in [1.807, 2.05) is 30.3 Å². The predicted molar refractivity (Wildman–Crippen MR) is 153 cm³/mol. The Bertz CT molecular complexity index is 1790. The summed E-state index contributed by atoms with van der Waals surface area (Å²) in [7, 11) is 1.58. The van der Waals surface area contributed by atoms with Crippen LogP contribution in [0.2, 0.25) is 0 Å². The van der Waals surface area contributed by atoms with Crippen molar-refractivity contribution in [3.63, 3.8) is 0 Å². The predicted octanol–water partition coefficient (Wildman–Crippen LogP) is 4.52. The summed E-state index contributed by atoms with van der Waals surface area (Å²) in [6.07, 6.45) is 1.92. The number of fused-ring (bicyclic) bond motifs is 1. The second-order valence-corrected chi connectivity index (χ2v) is 10.6. The van der Waals surface area contributed by atoms with Crippen molar-refractivity contribution in [1.29, 1.82) is 0 Å². The van der Waals surface area contributed by atoms with Gasteiger partial charge in [-0.2, -0.15) is 0 Å². The zero-order chi connectivity index (χ0) is 27.8. The minimum absolute atomic E-state index is 0.218. The maximum Gasteiger partial charge on any atom is 0.338 e. The van der Waals surface area contributed by atoms with Crippen molar-refractivity contribution < 1.29 is 14.3 Å². The summed E-state index contributed by atoms with van der Waals surface area (Å²) < 4.78 is 15.3. The minimum atomic E-state index is -0.724. The molecule has 0 spiro atoms. The van der Waals surface area contributed by atoms with Crippen LogP contribution < -0.4 is 19.6 Å². The Balaban J connectivity index is 1.71. The molecule has 1 atom stereocenters. The van der Waals surface area contributed by atoms with Crippen molar-refractivity contribution in [3.8, 4) is 11.4 Å². The van der Waals surface area contributed by atoms with Crippen LogP contribution in [0.25, 0.3) is 11.8 Å². The molecule has 39 heavy (non-hydrogen) atoms. The molecule has 0 saturated carbocycles. The lowest BCUT2D eigenvalue weighted by molar-refractivity contribution is -0.139. The van der Waals surface area contributed by atoms with E-state index >= 15 is 0 Å². The maximum atomic E-state index is 14.0. The van der Waals surface area contributed by atoms with Gasteiger partial charge in [0.05, 0.1) is 29.5 Å². The van der Waals surface area contributed by atoms with Gasteiger partial charge in [0.15, 0.2) is 4.80 Å². The molecule has 4 aromatic rings. The van der Waals surface area contributed by atoms with E-state index in [1.54, 1.807) is 25.5 Å². The third kappa shape index (κ3) is 4.65. The van der Waals surface area contributed by atoms with Gasteiger partial charge >= 0.3 is 5.97 Å². The molecule has 0 fully saturated rings. The van der Waals surface area contributed by atoms with E-state index in [2.05, 4.69) is 60.7 Å². The van der Waals surface area contributed by atoms with E-state index in [4.69, 9.17) is 9.47 Å². The molecule has 0 amide bonds. The molecule has 0 aliphatic carbocycles. The summed E-state index contributed by atoms with van der Waals surface area (Å²) in [4.78, 5) is 32.4. The van der Waals surface area contributed by atoms with Crippen LogP contribution in [-0.4, -0.2) is 28.8 Å². The number of carbonyl (C=O) groups excluding carboxylic acids is 1. The number of hydrogen-bond acceptors (Lipinski definition) is 6. The number of nitrogens with zero attached hydrogens (tertiary/aromatic N) is 3. The zero-order valence-corrected chi connectivity index (χ0v) is 23.8. The van der Waals surface area contributed by atoms with E-state index in [9.17, 15) is 9.59 Å². The molecule has 0 bridgehead atoms. The number of para-hydroxylation sites is 1. The summed E-state index contributed by atoms with van der Waals surface area (Å²) in [5.74, 6) is 0.0841. The highest BCUT2D eigenvalue weighted by Crippen LogP contribution is 2.35. The first kappa shape index (κ1) is 26.4. The first-order chi connectivity index (χ1) is 18.7. The Labute approximate surface area is 231 Å². The summed E-state index contributed by atoms with van der Waals surface area (Å²) >= 11 is 1.31. The average Bonchev–Trinajstić information content (AvgIpc) is 3.37. The van der Waals surface area contributed by atoms with Crippen LogP contribution in [0.1, 0.15) is 48.0 Å². The number of methoxy groups -OCH3 is 1. The third-order valence-electron chi connectivity index (χ3n) is 7.00. The number of aryl methyl sites for hydroxylation is 2. The fraction of sp³-hybridized carbons (Fsp3) is 0.258. The summed E-state index contributed by atoms with van der Waals surface area (Å²) in [6.45, 7) is 9.93. The standard InChI is InChI=1S/C31H31N3O4S/c1-7-38-30(36)27-20(4)32-31-34(28(27)24-10-8-9-11-25(24)37-6)29(35)26(39-31)17-22-16-19(3)33(21(22)5)23-14-12-18(2)13-15-23/h8-17,28H,7H2,1-6H3/b26-17+/t28-/m1/s1. The van der Waals surface area contributed by atoms with Crippen LogP contribution in [0.5, 0.6) is 5.75 Å². The van der Waals surface area contributed by atoms with Gasteiger partial charge in [-0.3, -0.25) is 9.36 Å². The molecule has 0 unspecified atom stereocenters. The van der Waals surface area contributed by atoms with Gasteiger partial charge in [0.1, 0.15) is 11.8 Å². The van der Waals surface area contributed by atoms with Crippen LogP contribution in [0.4, 0.5) is 0 Å². The number of thiazole rings is 1. The Morgan fingerprint density at radius 1 is 1.08 bits per heavy atom. The third-order valence-corrected chi connectivity index (χ3v) is 7.98. The first-order valence-corrected chi connectivity index (χ1v) is 13.6. The molecular formula is C31H31N3O4S. The van der Waals surface area contributed by atoms with Gasteiger partial charge in [0.25, 0.3) is 5.56 Å². The Kier molecular flexibility index (Phi) is 7.14. The van der Waals surface area contributed by atoms with Crippen molar-refractivity contribution in [1.82, 2.24) is 9.13 Å². The first-order valence-electron chi connectivity index (χ1n) is 12.8. The second-order valence-electron chi connectivity index (χ2n) is 9.54. The van der Waals surface area contributed by atoms with Gasteiger partial charge in [0, 0.05) is 22.6 Å². The Morgan fingerprint density at radius 2 is 1.79 bits per heavy atom. The molecule has 0 N–H and O–H groups in total. The number of rotatable bonds is 6. The molecule has 1 aliphatic heterocycles. The SMILES string of the molecule is CCOC(=O)C1=C(C)N=c2s/c(=C/c3cc(C)n(-c4ccc(C)cc4)c3C)c(=O)n2[C@@H]1c1ccccc1OC. The number of aromatic nitrogens is 2. The normalized spacial score (nSPS) is 15.2. The lowest BCUT2D eigenvalue weighted by Crippen LogP contribution is -2.40. The molecule has 1 aliphatic rings. The van der Waals surface area contributed by atoms with E-state index in [0.717, 1.165) is 22.6 Å². The average molecular weight is 542 g/mol. The highest BCUT2D eigenvalue weighted by Gasteiger charge is 2.35. The van der Waals surface area contributed by atoms with Crippen molar-refractivity contribution in [2.24, 2.45) is 4.99 Å². The topological polar surface area (TPSA) is 74.8 Å². The highest BCUT2D eigenvalue weighted by atomic mass is 32.1. The van der Waals surface area contributed by atoms with Crippen LogP contribution in [-0.2, 0) is 9.53 Å². The maximum absolute atomic E-state index is 14.0.